The van der Waals surface area contributed by atoms with Gasteiger partial charge in [-0.05, 0) is 47.3 Å². The van der Waals surface area contributed by atoms with Crippen LogP contribution in [-0.2, 0) is 6.42 Å². The fraction of sp³-hybridized carbons (Fsp3) is 0.294. The summed E-state index contributed by atoms with van der Waals surface area (Å²) in [4.78, 5) is 0. The van der Waals surface area contributed by atoms with Crippen LogP contribution in [0.1, 0.15) is 38.3 Å². The Balaban J connectivity index is 0.000000771. The minimum atomic E-state index is 1.08. The molecule has 1 heteroatoms. The van der Waals surface area contributed by atoms with Gasteiger partial charge in [0.2, 0.25) is 0 Å². The highest BCUT2D eigenvalue weighted by molar-refractivity contribution is 7.27. The average molecular weight is 258 g/mol. The van der Waals surface area contributed by atoms with E-state index >= 15 is 0 Å². The standard InChI is InChI=1S/C15H17P.C2H6/c1-10(2)8-12-4-5-13-9-14(16)6-7-15(13)11(12)3;1-2/h6-9H,1,3-5,16H2,2H3;1-2H3/b12-8-;. The predicted molar refractivity (Wildman–Crippen MR) is 87.4 cm³/mol. The van der Waals surface area contributed by atoms with E-state index in [2.05, 4.69) is 46.7 Å². The first kappa shape index (κ1) is 14.9. The van der Waals surface area contributed by atoms with Crippen molar-refractivity contribution in [3.8, 4) is 0 Å². The molecule has 1 aliphatic carbocycles. The van der Waals surface area contributed by atoms with Crippen LogP contribution in [-0.4, -0.2) is 0 Å². The zero-order valence-electron chi connectivity index (χ0n) is 11.7. The minimum absolute atomic E-state index is 1.08. The Morgan fingerprint density at radius 1 is 1.28 bits per heavy atom. The molecule has 96 valence electrons. The zero-order valence-corrected chi connectivity index (χ0v) is 12.9. The lowest BCUT2D eigenvalue weighted by Gasteiger charge is -2.21. The molecule has 1 aliphatic rings. The molecule has 1 atom stereocenters. The van der Waals surface area contributed by atoms with E-state index in [1.165, 1.54) is 22.0 Å². The van der Waals surface area contributed by atoms with Gasteiger partial charge in [0.15, 0.2) is 0 Å². The number of hydrogen-bond donors (Lipinski definition) is 0. The van der Waals surface area contributed by atoms with Crippen molar-refractivity contribution in [3.05, 3.63) is 59.7 Å². The van der Waals surface area contributed by atoms with E-state index in [9.17, 15) is 0 Å². The van der Waals surface area contributed by atoms with Crippen LogP contribution in [0.3, 0.4) is 0 Å². The van der Waals surface area contributed by atoms with Gasteiger partial charge in [-0.1, -0.05) is 56.9 Å². The summed E-state index contributed by atoms with van der Waals surface area (Å²) in [6, 6.07) is 6.53. The second-order valence-electron chi connectivity index (χ2n) is 4.41. The summed E-state index contributed by atoms with van der Waals surface area (Å²) in [6.45, 7) is 14.2. The lowest BCUT2D eigenvalue weighted by molar-refractivity contribution is 0.940. The molecule has 0 radical (unpaired) electrons. The first-order chi connectivity index (χ1) is 8.58. The Bertz CT molecular complexity index is 492. The SMILES string of the molecule is C=C(C)/C=C1/CCc2cc(P)ccc2C1=C.CC. The van der Waals surface area contributed by atoms with Crippen LogP contribution in [0, 0.1) is 0 Å². The van der Waals surface area contributed by atoms with Crippen molar-refractivity contribution in [2.24, 2.45) is 0 Å². The number of benzene rings is 1. The number of aryl methyl sites for hydroxylation is 1. The number of allylic oxidation sites excluding steroid dienone is 4. The maximum Gasteiger partial charge on any atom is -0.0155 e. The molecule has 18 heavy (non-hydrogen) atoms. The minimum Gasteiger partial charge on any atom is -0.106 e. The van der Waals surface area contributed by atoms with Crippen molar-refractivity contribution in [1.82, 2.24) is 0 Å². The molecule has 1 unspecified atom stereocenters. The highest BCUT2D eigenvalue weighted by Crippen LogP contribution is 2.33. The Kier molecular flexibility index (Phi) is 5.56. The maximum absolute atomic E-state index is 4.20. The van der Waals surface area contributed by atoms with E-state index in [0.717, 1.165) is 24.0 Å². The summed E-state index contributed by atoms with van der Waals surface area (Å²) in [6.07, 6.45) is 4.34. The van der Waals surface area contributed by atoms with E-state index in [0.29, 0.717) is 0 Å². The molecule has 0 nitrogen and oxygen atoms in total. The van der Waals surface area contributed by atoms with Gasteiger partial charge in [-0.25, -0.2) is 0 Å². The van der Waals surface area contributed by atoms with Crippen molar-refractivity contribution in [2.75, 3.05) is 0 Å². The fourth-order valence-electron chi connectivity index (χ4n) is 2.16. The molecule has 0 aromatic heterocycles. The van der Waals surface area contributed by atoms with Crippen LogP contribution in [0.25, 0.3) is 5.57 Å². The molecule has 0 bridgehead atoms. The average Bonchev–Trinajstić information content (AvgIpc) is 2.35. The van der Waals surface area contributed by atoms with Gasteiger partial charge in [-0.3, -0.25) is 0 Å². The fourth-order valence-corrected chi connectivity index (χ4v) is 2.46. The van der Waals surface area contributed by atoms with Crippen molar-refractivity contribution in [2.45, 2.75) is 33.6 Å². The highest BCUT2D eigenvalue weighted by Gasteiger charge is 2.16. The molecule has 0 saturated carbocycles. The summed E-state index contributed by atoms with van der Waals surface area (Å²) < 4.78 is 0. The molecular weight excluding hydrogens is 235 g/mol. The molecule has 2 rings (SSSR count). The lowest BCUT2D eigenvalue weighted by atomic mass is 9.84. The van der Waals surface area contributed by atoms with E-state index in [1.807, 2.05) is 20.8 Å². The number of rotatable bonds is 1. The third-order valence-corrected chi connectivity index (χ3v) is 3.29. The van der Waals surface area contributed by atoms with Gasteiger partial charge in [-0.15, -0.1) is 9.24 Å². The number of hydrogen-bond acceptors (Lipinski definition) is 0. The third-order valence-electron chi connectivity index (χ3n) is 2.93. The van der Waals surface area contributed by atoms with Gasteiger partial charge in [-0.2, -0.15) is 0 Å². The van der Waals surface area contributed by atoms with Gasteiger partial charge in [0, 0.05) is 0 Å². The van der Waals surface area contributed by atoms with E-state index in [-0.39, 0.29) is 0 Å². The van der Waals surface area contributed by atoms with Gasteiger partial charge in [0.25, 0.3) is 0 Å². The van der Waals surface area contributed by atoms with Crippen molar-refractivity contribution >= 4 is 20.1 Å². The predicted octanol–water partition coefficient (Wildman–Crippen LogP) is 4.68. The molecule has 0 fully saturated rings. The Morgan fingerprint density at radius 3 is 2.56 bits per heavy atom. The highest BCUT2D eigenvalue weighted by atomic mass is 31.0. The van der Waals surface area contributed by atoms with Gasteiger partial charge in [0.1, 0.15) is 0 Å². The monoisotopic (exact) mass is 258 g/mol. The molecular formula is C17H23P. The molecule has 0 spiro atoms. The molecule has 1 aromatic carbocycles. The molecule has 0 aliphatic heterocycles. The lowest BCUT2D eigenvalue weighted by Crippen LogP contribution is -2.07. The molecule has 0 amide bonds. The summed E-state index contributed by atoms with van der Waals surface area (Å²) >= 11 is 0. The second-order valence-corrected chi connectivity index (χ2v) is 5.08. The summed E-state index contributed by atoms with van der Waals surface area (Å²) in [5.74, 6) is 0. The molecule has 0 saturated heterocycles. The van der Waals surface area contributed by atoms with Crippen LogP contribution < -0.4 is 5.30 Å². The normalized spacial score (nSPS) is 15.8. The Hall–Kier alpha value is -1.13. The first-order valence-electron chi connectivity index (χ1n) is 6.52. The maximum atomic E-state index is 4.20. The summed E-state index contributed by atoms with van der Waals surface area (Å²) in [7, 11) is 2.75. The summed E-state index contributed by atoms with van der Waals surface area (Å²) in [5.41, 5.74) is 6.30. The largest absolute Gasteiger partial charge is 0.106 e. The van der Waals surface area contributed by atoms with Crippen molar-refractivity contribution in [1.29, 1.82) is 0 Å². The van der Waals surface area contributed by atoms with Crippen molar-refractivity contribution in [3.63, 3.8) is 0 Å². The van der Waals surface area contributed by atoms with E-state index < -0.39 is 0 Å². The number of fused-ring (bicyclic) bond motifs is 1. The zero-order chi connectivity index (χ0) is 13.7. The Morgan fingerprint density at radius 2 is 1.94 bits per heavy atom. The first-order valence-corrected chi connectivity index (χ1v) is 7.10. The van der Waals surface area contributed by atoms with Gasteiger partial charge in [0.05, 0.1) is 0 Å². The summed E-state index contributed by atoms with van der Waals surface area (Å²) in [5, 5.41) is 1.25. The van der Waals surface area contributed by atoms with Crippen LogP contribution in [0.4, 0.5) is 0 Å². The molecule has 0 heterocycles. The van der Waals surface area contributed by atoms with Gasteiger partial charge >= 0.3 is 0 Å². The topological polar surface area (TPSA) is 0 Å². The van der Waals surface area contributed by atoms with Crippen molar-refractivity contribution < 1.29 is 0 Å². The smallest absolute Gasteiger partial charge is 0.0155 e. The van der Waals surface area contributed by atoms with Crippen LogP contribution in [0.15, 0.2) is 48.6 Å². The Labute approximate surface area is 114 Å². The second kappa shape index (κ2) is 6.71. The van der Waals surface area contributed by atoms with E-state index in [1.54, 1.807) is 0 Å². The van der Waals surface area contributed by atoms with Crippen LogP contribution >= 0.6 is 9.24 Å². The molecule has 0 N–H and O–H groups in total. The quantitative estimate of drug-likeness (QED) is 0.642. The third kappa shape index (κ3) is 3.43. The van der Waals surface area contributed by atoms with Crippen LogP contribution in [0.5, 0.6) is 0 Å². The molecule has 1 aromatic rings. The van der Waals surface area contributed by atoms with Gasteiger partial charge < -0.3 is 0 Å². The van der Waals surface area contributed by atoms with E-state index in [4.69, 9.17) is 0 Å². The van der Waals surface area contributed by atoms with Crippen LogP contribution in [0.2, 0.25) is 0 Å².